The molecule has 1 atom stereocenters. The van der Waals surface area contributed by atoms with Crippen LogP contribution in [0.2, 0.25) is 0 Å². The van der Waals surface area contributed by atoms with E-state index in [2.05, 4.69) is 0 Å². The molecule has 24 heavy (non-hydrogen) atoms. The summed E-state index contributed by atoms with van der Waals surface area (Å²) < 4.78 is 46.3. The summed E-state index contributed by atoms with van der Waals surface area (Å²) in [4.78, 5) is 11.9. The van der Waals surface area contributed by atoms with Crippen LogP contribution < -0.4 is 9.88 Å². The molecule has 0 radical (unpaired) electrons. The number of primary sulfonamides is 1. The Morgan fingerprint density at radius 2 is 1.79 bits per heavy atom. The highest BCUT2D eigenvalue weighted by atomic mass is 32.2. The number of hydrogen-bond acceptors (Lipinski definition) is 5. The maximum atomic E-state index is 12.9. The molecule has 2 rings (SSSR count). The Labute approximate surface area is 139 Å². The van der Waals surface area contributed by atoms with Gasteiger partial charge in [-0.1, -0.05) is 12.1 Å². The Hall–Kier alpha value is -2.45. The van der Waals surface area contributed by atoms with Gasteiger partial charge in [0.25, 0.3) is 0 Å². The van der Waals surface area contributed by atoms with Crippen molar-refractivity contribution in [2.75, 3.05) is 7.11 Å². The van der Waals surface area contributed by atoms with Gasteiger partial charge >= 0.3 is 5.97 Å². The van der Waals surface area contributed by atoms with E-state index in [9.17, 15) is 17.6 Å². The average Bonchev–Trinajstić information content (AvgIpc) is 2.53. The van der Waals surface area contributed by atoms with Crippen LogP contribution in [-0.2, 0) is 14.8 Å². The highest BCUT2D eigenvalue weighted by Crippen LogP contribution is 2.25. The van der Waals surface area contributed by atoms with Crippen molar-refractivity contribution in [1.29, 1.82) is 0 Å². The minimum absolute atomic E-state index is 0.00814. The second-order valence-corrected chi connectivity index (χ2v) is 6.54. The summed E-state index contributed by atoms with van der Waals surface area (Å²) in [7, 11) is -2.77. The Kier molecular flexibility index (Phi) is 5.20. The maximum Gasteiger partial charge on any atom is 0.338 e. The molecule has 0 saturated heterocycles. The van der Waals surface area contributed by atoms with Crippen molar-refractivity contribution in [2.24, 2.45) is 5.14 Å². The topological polar surface area (TPSA) is 95.7 Å². The molecular formula is C16H16FNO5S. The zero-order chi connectivity index (χ0) is 17.9. The van der Waals surface area contributed by atoms with Gasteiger partial charge in [-0.15, -0.1) is 0 Å². The molecule has 0 unspecified atom stereocenters. The molecule has 0 saturated carbocycles. The summed E-state index contributed by atoms with van der Waals surface area (Å²) >= 11 is 0. The van der Waals surface area contributed by atoms with Gasteiger partial charge < -0.3 is 9.47 Å². The number of ether oxygens (including phenoxy) is 2. The van der Waals surface area contributed by atoms with Gasteiger partial charge in [-0.3, -0.25) is 0 Å². The zero-order valence-electron chi connectivity index (χ0n) is 13.0. The summed E-state index contributed by atoms with van der Waals surface area (Å²) in [5, 5.41) is 5.11. The van der Waals surface area contributed by atoms with Crippen molar-refractivity contribution >= 4 is 16.0 Å². The van der Waals surface area contributed by atoms with Crippen molar-refractivity contribution in [3.8, 4) is 5.75 Å². The second kappa shape index (κ2) is 6.98. The normalized spacial score (nSPS) is 12.5. The van der Waals surface area contributed by atoms with E-state index in [1.807, 2.05) is 0 Å². The second-order valence-electron chi connectivity index (χ2n) is 5.01. The lowest BCUT2D eigenvalue weighted by atomic mass is 10.1. The van der Waals surface area contributed by atoms with E-state index < -0.39 is 27.9 Å². The Morgan fingerprint density at radius 1 is 1.17 bits per heavy atom. The first-order valence-corrected chi connectivity index (χ1v) is 8.44. The van der Waals surface area contributed by atoms with Gasteiger partial charge in [0.2, 0.25) is 10.0 Å². The molecular weight excluding hydrogens is 337 g/mol. The van der Waals surface area contributed by atoms with Crippen molar-refractivity contribution in [3.63, 3.8) is 0 Å². The lowest BCUT2D eigenvalue weighted by molar-refractivity contribution is 0.0337. The van der Waals surface area contributed by atoms with E-state index >= 15 is 0 Å². The number of esters is 1. The number of carbonyl (C=O) groups is 1. The Morgan fingerprint density at radius 3 is 2.33 bits per heavy atom. The molecule has 128 valence electrons. The van der Waals surface area contributed by atoms with Gasteiger partial charge in [-0.2, -0.15) is 0 Å². The van der Waals surface area contributed by atoms with Gasteiger partial charge in [0.15, 0.2) is 0 Å². The fraction of sp³-hybridized carbons (Fsp3) is 0.188. The lowest BCUT2D eigenvalue weighted by Crippen LogP contribution is -2.15. The molecule has 0 heterocycles. The molecule has 0 bridgehead atoms. The quantitative estimate of drug-likeness (QED) is 0.833. The summed E-state index contributed by atoms with van der Waals surface area (Å²) in [5.41, 5.74) is 0.610. The number of benzene rings is 2. The molecule has 0 aliphatic rings. The summed E-state index contributed by atoms with van der Waals surface area (Å²) in [6.45, 7) is 1.62. The Bertz CT molecular complexity index is 849. The van der Waals surface area contributed by atoms with Crippen molar-refractivity contribution in [3.05, 3.63) is 59.4 Å². The predicted molar refractivity (Wildman–Crippen MR) is 84.6 cm³/mol. The van der Waals surface area contributed by atoms with E-state index in [-0.39, 0.29) is 16.2 Å². The van der Waals surface area contributed by atoms with Crippen LogP contribution in [0, 0.1) is 5.82 Å². The first-order chi connectivity index (χ1) is 11.2. The molecule has 0 aliphatic carbocycles. The molecule has 2 aromatic carbocycles. The van der Waals surface area contributed by atoms with Crippen LogP contribution in [0.25, 0.3) is 0 Å². The van der Waals surface area contributed by atoms with Gasteiger partial charge in [-0.05, 0) is 42.8 Å². The predicted octanol–water partition coefficient (Wildman–Crippen LogP) is 2.40. The summed E-state index contributed by atoms with van der Waals surface area (Å²) in [5.74, 6) is -1.11. The highest BCUT2D eigenvalue weighted by molar-refractivity contribution is 7.89. The number of nitrogens with two attached hydrogens (primary N) is 1. The maximum absolute atomic E-state index is 12.9. The lowest BCUT2D eigenvalue weighted by Gasteiger charge is -2.14. The van der Waals surface area contributed by atoms with E-state index in [1.54, 1.807) is 6.92 Å². The first kappa shape index (κ1) is 17.9. The van der Waals surface area contributed by atoms with Crippen LogP contribution in [0.15, 0.2) is 47.4 Å². The number of methoxy groups -OCH3 is 1. The average molecular weight is 353 g/mol. The fourth-order valence-electron chi connectivity index (χ4n) is 2.06. The molecule has 0 aromatic heterocycles. The van der Waals surface area contributed by atoms with Crippen LogP contribution >= 0.6 is 0 Å². The standard InChI is InChI=1S/C16H16FNO5S/c1-10(11-3-6-13(17)7-4-11)23-16(19)12-5-8-14(22-2)15(9-12)24(18,20)21/h3-10H,1-2H3,(H2,18,20,21)/t10-/m1/s1. The summed E-state index contributed by atoms with van der Waals surface area (Å²) in [6.07, 6.45) is -0.641. The number of carbonyl (C=O) groups excluding carboxylic acids is 1. The van der Waals surface area contributed by atoms with Crippen LogP contribution in [0.3, 0.4) is 0 Å². The summed E-state index contributed by atoms with van der Waals surface area (Å²) in [6, 6.07) is 9.28. The van der Waals surface area contributed by atoms with Gasteiger partial charge in [0.05, 0.1) is 12.7 Å². The van der Waals surface area contributed by atoms with Gasteiger partial charge in [0, 0.05) is 0 Å². The molecule has 2 N–H and O–H groups in total. The number of halogens is 1. The van der Waals surface area contributed by atoms with Crippen LogP contribution in [0.4, 0.5) is 4.39 Å². The van der Waals surface area contributed by atoms with Crippen molar-refractivity contribution in [1.82, 2.24) is 0 Å². The molecule has 2 aromatic rings. The van der Waals surface area contributed by atoms with Gasteiger partial charge in [0.1, 0.15) is 22.6 Å². The molecule has 0 aliphatic heterocycles. The third-order valence-electron chi connectivity index (χ3n) is 3.33. The molecule has 0 spiro atoms. The fourth-order valence-corrected chi connectivity index (χ4v) is 2.78. The highest BCUT2D eigenvalue weighted by Gasteiger charge is 2.20. The minimum atomic E-state index is -4.06. The van der Waals surface area contributed by atoms with Crippen LogP contribution in [0.5, 0.6) is 5.75 Å². The van der Waals surface area contributed by atoms with E-state index in [1.165, 1.54) is 43.5 Å². The largest absolute Gasteiger partial charge is 0.495 e. The van der Waals surface area contributed by atoms with Crippen LogP contribution in [-0.4, -0.2) is 21.5 Å². The number of rotatable bonds is 5. The third-order valence-corrected chi connectivity index (χ3v) is 4.26. The first-order valence-electron chi connectivity index (χ1n) is 6.89. The number of sulfonamides is 1. The monoisotopic (exact) mass is 353 g/mol. The van der Waals surface area contributed by atoms with Crippen molar-refractivity contribution in [2.45, 2.75) is 17.9 Å². The van der Waals surface area contributed by atoms with Crippen LogP contribution in [0.1, 0.15) is 28.9 Å². The molecule has 6 nitrogen and oxygen atoms in total. The van der Waals surface area contributed by atoms with E-state index in [0.29, 0.717) is 5.56 Å². The van der Waals surface area contributed by atoms with Gasteiger partial charge in [-0.25, -0.2) is 22.7 Å². The smallest absolute Gasteiger partial charge is 0.338 e. The van der Waals surface area contributed by atoms with Crippen molar-refractivity contribution < 1.29 is 27.1 Å². The molecule has 8 heteroatoms. The molecule has 0 fully saturated rings. The third kappa shape index (κ3) is 4.09. The minimum Gasteiger partial charge on any atom is -0.495 e. The zero-order valence-corrected chi connectivity index (χ0v) is 13.8. The molecule has 0 amide bonds. The SMILES string of the molecule is COc1ccc(C(=O)O[C@H](C)c2ccc(F)cc2)cc1S(N)(=O)=O. The Balaban J connectivity index is 2.25. The number of hydrogen-bond donors (Lipinski definition) is 1. The van der Waals surface area contributed by atoms with E-state index in [0.717, 1.165) is 6.07 Å². The van der Waals surface area contributed by atoms with E-state index in [4.69, 9.17) is 14.6 Å².